The maximum Gasteiger partial charge on any atom is 0.224 e. The second-order valence-electron chi connectivity index (χ2n) is 5.02. The highest BCUT2D eigenvalue weighted by molar-refractivity contribution is 5.90. The van der Waals surface area contributed by atoms with Gasteiger partial charge >= 0.3 is 0 Å². The Morgan fingerprint density at radius 2 is 2.40 bits per heavy atom. The zero-order valence-corrected chi connectivity index (χ0v) is 11.7. The smallest absolute Gasteiger partial charge is 0.224 e. The van der Waals surface area contributed by atoms with Crippen molar-refractivity contribution in [3.8, 4) is 5.75 Å². The van der Waals surface area contributed by atoms with Gasteiger partial charge in [-0.2, -0.15) is 0 Å². The summed E-state index contributed by atoms with van der Waals surface area (Å²) < 4.78 is 18.8. The van der Waals surface area contributed by atoms with Crippen molar-refractivity contribution in [2.45, 2.75) is 26.2 Å². The molecular weight excluding hydrogens is 259 g/mol. The molecule has 1 amide bonds. The molecule has 1 fully saturated rings. The molecule has 2 rings (SSSR count). The minimum absolute atomic E-state index is 0.0690. The first-order valence-electron chi connectivity index (χ1n) is 7.12. The highest BCUT2D eigenvalue weighted by Crippen LogP contribution is 2.21. The van der Waals surface area contributed by atoms with Crippen LogP contribution in [-0.2, 0) is 4.79 Å². The van der Waals surface area contributed by atoms with Crippen LogP contribution in [-0.4, -0.2) is 25.6 Å². The van der Waals surface area contributed by atoms with Crippen LogP contribution in [0, 0.1) is 11.7 Å². The molecule has 1 aliphatic heterocycles. The van der Waals surface area contributed by atoms with E-state index in [1.165, 1.54) is 12.1 Å². The molecule has 5 heteroatoms. The average Bonchev–Trinajstić information content (AvgIpc) is 2.93. The number of amides is 1. The van der Waals surface area contributed by atoms with Crippen molar-refractivity contribution >= 4 is 11.6 Å². The van der Waals surface area contributed by atoms with Crippen molar-refractivity contribution in [2.24, 2.45) is 5.92 Å². The van der Waals surface area contributed by atoms with Crippen LogP contribution in [0.25, 0.3) is 0 Å². The molecule has 2 N–H and O–H groups in total. The standard InChI is InChI=1S/C15H21FN2O2/c1-2-20-14-5-4-12(9-13(14)16)18-15(19)6-3-11-7-8-17-10-11/h4-5,9,11,17H,2-3,6-8,10H2,1H3,(H,18,19). The van der Waals surface area contributed by atoms with E-state index in [1.807, 2.05) is 0 Å². The molecule has 1 unspecified atom stereocenters. The molecule has 0 saturated carbocycles. The number of anilines is 1. The molecule has 0 aliphatic carbocycles. The van der Waals surface area contributed by atoms with Gasteiger partial charge in [-0.05, 0) is 50.9 Å². The van der Waals surface area contributed by atoms with Crippen molar-refractivity contribution in [1.29, 1.82) is 0 Å². The summed E-state index contributed by atoms with van der Waals surface area (Å²) >= 11 is 0. The van der Waals surface area contributed by atoms with Gasteiger partial charge < -0.3 is 15.4 Å². The van der Waals surface area contributed by atoms with E-state index in [2.05, 4.69) is 10.6 Å². The molecule has 1 heterocycles. The summed E-state index contributed by atoms with van der Waals surface area (Å²) in [6, 6.07) is 4.48. The fraction of sp³-hybridized carbons (Fsp3) is 0.533. The largest absolute Gasteiger partial charge is 0.491 e. The van der Waals surface area contributed by atoms with Crippen molar-refractivity contribution in [1.82, 2.24) is 5.32 Å². The lowest BCUT2D eigenvalue weighted by atomic mass is 10.0. The average molecular weight is 280 g/mol. The molecule has 20 heavy (non-hydrogen) atoms. The van der Waals surface area contributed by atoms with Gasteiger partial charge in [0.25, 0.3) is 0 Å². The van der Waals surface area contributed by atoms with E-state index in [0.717, 1.165) is 25.9 Å². The Bertz CT molecular complexity index is 459. The summed E-state index contributed by atoms with van der Waals surface area (Å²) in [5, 5.41) is 6.00. The number of ether oxygens (including phenoxy) is 1. The molecule has 1 saturated heterocycles. The first-order valence-corrected chi connectivity index (χ1v) is 7.12. The fourth-order valence-electron chi connectivity index (χ4n) is 2.37. The fourth-order valence-corrected chi connectivity index (χ4v) is 2.37. The van der Waals surface area contributed by atoms with E-state index in [1.54, 1.807) is 13.0 Å². The maximum absolute atomic E-state index is 13.6. The van der Waals surface area contributed by atoms with Gasteiger partial charge in [-0.15, -0.1) is 0 Å². The van der Waals surface area contributed by atoms with Crippen molar-refractivity contribution in [3.63, 3.8) is 0 Å². The Morgan fingerprint density at radius 3 is 3.05 bits per heavy atom. The molecule has 1 aromatic carbocycles. The maximum atomic E-state index is 13.6. The van der Waals surface area contributed by atoms with E-state index < -0.39 is 5.82 Å². The number of hydrogen-bond acceptors (Lipinski definition) is 3. The third-order valence-corrected chi connectivity index (χ3v) is 3.46. The Balaban J connectivity index is 1.82. The normalized spacial score (nSPS) is 18.0. The molecule has 0 bridgehead atoms. The van der Waals surface area contributed by atoms with Crippen LogP contribution >= 0.6 is 0 Å². The van der Waals surface area contributed by atoms with Crippen molar-refractivity contribution in [2.75, 3.05) is 25.0 Å². The van der Waals surface area contributed by atoms with E-state index in [0.29, 0.717) is 24.6 Å². The molecule has 0 aromatic heterocycles. The van der Waals surface area contributed by atoms with Crippen molar-refractivity contribution in [3.05, 3.63) is 24.0 Å². The molecule has 110 valence electrons. The van der Waals surface area contributed by atoms with Gasteiger partial charge in [0.1, 0.15) is 0 Å². The minimum Gasteiger partial charge on any atom is -0.491 e. The second kappa shape index (κ2) is 7.24. The summed E-state index contributed by atoms with van der Waals surface area (Å²) in [5.41, 5.74) is 0.473. The zero-order chi connectivity index (χ0) is 14.4. The summed E-state index contributed by atoms with van der Waals surface area (Å²) in [6.07, 6.45) is 2.48. The monoisotopic (exact) mass is 280 g/mol. The number of nitrogens with one attached hydrogen (secondary N) is 2. The van der Waals surface area contributed by atoms with E-state index in [-0.39, 0.29) is 11.7 Å². The zero-order valence-electron chi connectivity index (χ0n) is 11.7. The molecule has 0 spiro atoms. The molecular formula is C15H21FN2O2. The molecule has 4 nitrogen and oxygen atoms in total. The SMILES string of the molecule is CCOc1ccc(NC(=O)CCC2CCNC2)cc1F. The van der Waals surface area contributed by atoms with Gasteiger partial charge in [0.05, 0.1) is 6.61 Å². The van der Waals surface area contributed by atoms with E-state index in [9.17, 15) is 9.18 Å². The molecule has 0 radical (unpaired) electrons. The number of rotatable bonds is 6. The topological polar surface area (TPSA) is 50.4 Å². The van der Waals surface area contributed by atoms with Crippen LogP contribution in [0.5, 0.6) is 5.75 Å². The number of benzene rings is 1. The minimum atomic E-state index is -0.454. The highest BCUT2D eigenvalue weighted by atomic mass is 19.1. The lowest BCUT2D eigenvalue weighted by Crippen LogP contribution is -2.15. The summed E-state index contributed by atoms with van der Waals surface area (Å²) in [7, 11) is 0. The number of hydrogen-bond donors (Lipinski definition) is 2. The van der Waals surface area contributed by atoms with Gasteiger partial charge in [0.2, 0.25) is 5.91 Å². The van der Waals surface area contributed by atoms with Crippen LogP contribution in [0.15, 0.2) is 18.2 Å². The molecule has 1 aromatic rings. The third-order valence-electron chi connectivity index (χ3n) is 3.46. The molecule has 1 aliphatic rings. The van der Waals surface area contributed by atoms with E-state index in [4.69, 9.17) is 4.74 Å². The van der Waals surface area contributed by atoms with Gasteiger partial charge in [-0.3, -0.25) is 4.79 Å². The van der Waals surface area contributed by atoms with Crippen LogP contribution in [0.3, 0.4) is 0 Å². The summed E-state index contributed by atoms with van der Waals surface area (Å²) in [5.74, 6) is 0.269. The molecule has 1 atom stereocenters. The first kappa shape index (κ1) is 14.8. The first-order chi connectivity index (χ1) is 9.69. The van der Waals surface area contributed by atoms with Gasteiger partial charge in [0.15, 0.2) is 11.6 Å². The number of carbonyl (C=O) groups excluding carboxylic acids is 1. The Kier molecular flexibility index (Phi) is 5.35. The van der Waals surface area contributed by atoms with Crippen LogP contribution in [0.1, 0.15) is 26.2 Å². The second-order valence-corrected chi connectivity index (χ2v) is 5.02. The summed E-state index contributed by atoms with van der Waals surface area (Å²) in [6.45, 7) is 4.24. The van der Waals surface area contributed by atoms with Crippen LogP contribution in [0.2, 0.25) is 0 Å². The lowest BCUT2D eigenvalue weighted by Gasteiger charge is -2.10. The Labute approximate surface area is 118 Å². The van der Waals surface area contributed by atoms with Gasteiger partial charge in [-0.1, -0.05) is 0 Å². The quantitative estimate of drug-likeness (QED) is 0.842. The lowest BCUT2D eigenvalue weighted by molar-refractivity contribution is -0.116. The Morgan fingerprint density at radius 1 is 1.55 bits per heavy atom. The van der Waals surface area contributed by atoms with Gasteiger partial charge in [-0.25, -0.2) is 4.39 Å². The van der Waals surface area contributed by atoms with Crippen LogP contribution < -0.4 is 15.4 Å². The van der Waals surface area contributed by atoms with E-state index >= 15 is 0 Å². The number of halogens is 1. The van der Waals surface area contributed by atoms with Gasteiger partial charge in [0, 0.05) is 18.2 Å². The number of carbonyl (C=O) groups is 1. The predicted octanol–water partition coefficient (Wildman–Crippen LogP) is 2.55. The summed E-state index contributed by atoms with van der Waals surface area (Å²) in [4.78, 5) is 11.8. The Hall–Kier alpha value is -1.62. The third kappa shape index (κ3) is 4.20. The van der Waals surface area contributed by atoms with Crippen molar-refractivity contribution < 1.29 is 13.9 Å². The predicted molar refractivity (Wildman–Crippen MR) is 76.4 cm³/mol. The highest BCUT2D eigenvalue weighted by Gasteiger charge is 2.16. The van der Waals surface area contributed by atoms with Crippen LogP contribution in [0.4, 0.5) is 10.1 Å².